The second kappa shape index (κ2) is 6.03. The predicted molar refractivity (Wildman–Crippen MR) is 147 cm³/mol. The second-order valence-corrected chi connectivity index (χ2v) is 12.7. The van der Waals surface area contributed by atoms with E-state index in [0.717, 1.165) is 11.2 Å². The number of fused-ring (bicyclic) bond motifs is 7. The molecule has 5 heterocycles. The van der Waals surface area contributed by atoms with E-state index in [1.807, 2.05) is 11.8 Å². The molecule has 5 aromatic rings. The number of hydrogen-bond acceptors (Lipinski definition) is 4. The summed E-state index contributed by atoms with van der Waals surface area (Å²) < 4.78 is 6.36. The number of hydrogen-bond donors (Lipinski definition) is 0. The van der Waals surface area contributed by atoms with Gasteiger partial charge in [0.2, 0.25) is 6.71 Å². The van der Waals surface area contributed by atoms with Crippen molar-refractivity contribution in [3.63, 3.8) is 0 Å². The topological polar surface area (TPSA) is 16.4 Å². The van der Waals surface area contributed by atoms with E-state index < -0.39 is 0 Å². The zero-order valence-corrected chi connectivity index (χ0v) is 20.3. The molecular formula is C30H18BNOS2. The first-order valence-corrected chi connectivity index (χ1v) is 14.1. The molecule has 5 heteroatoms. The predicted octanol–water partition coefficient (Wildman–Crippen LogP) is 6.69. The third kappa shape index (κ3) is 2.04. The summed E-state index contributed by atoms with van der Waals surface area (Å²) in [5.74, 6) is 0.971. The summed E-state index contributed by atoms with van der Waals surface area (Å²) in [6, 6.07) is 27.6. The van der Waals surface area contributed by atoms with Gasteiger partial charge in [-0.25, -0.2) is 0 Å². The highest BCUT2D eigenvalue weighted by molar-refractivity contribution is 8.01. The summed E-state index contributed by atoms with van der Waals surface area (Å²) in [7, 11) is 0. The molecule has 0 bridgehead atoms. The van der Waals surface area contributed by atoms with Gasteiger partial charge in [-0.1, -0.05) is 54.2 Å². The Morgan fingerprint density at radius 1 is 0.743 bits per heavy atom. The Morgan fingerprint density at radius 2 is 1.60 bits per heavy atom. The maximum atomic E-state index is 6.36. The van der Waals surface area contributed by atoms with Crippen LogP contribution >= 0.6 is 23.5 Å². The van der Waals surface area contributed by atoms with Crippen molar-refractivity contribution < 1.29 is 4.42 Å². The van der Waals surface area contributed by atoms with Crippen LogP contribution in [0.1, 0.15) is 11.5 Å². The van der Waals surface area contributed by atoms with Gasteiger partial charge in [-0.05, 0) is 58.7 Å². The average Bonchev–Trinajstić information content (AvgIpc) is 3.42. The van der Waals surface area contributed by atoms with Crippen molar-refractivity contribution in [2.45, 2.75) is 37.7 Å². The van der Waals surface area contributed by atoms with E-state index in [9.17, 15) is 0 Å². The molecule has 2 nitrogen and oxygen atoms in total. The molecule has 4 atom stereocenters. The second-order valence-electron chi connectivity index (χ2n) is 10.4. The molecule has 35 heavy (non-hydrogen) atoms. The number of para-hydroxylation sites is 1. The van der Waals surface area contributed by atoms with Crippen LogP contribution in [0.15, 0.2) is 104 Å². The zero-order valence-electron chi connectivity index (χ0n) is 18.6. The van der Waals surface area contributed by atoms with Gasteiger partial charge in [0, 0.05) is 60.1 Å². The number of thioether (sulfide) groups is 1. The molecule has 1 aromatic heterocycles. The first-order chi connectivity index (χ1) is 17.3. The lowest BCUT2D eigenvalue weighted by atomic mass is 9.29. The van der Waals surface area contributed by atoms with Crippen LogP contribution < -0.4 is 15.8 Å². The highest BCUT2D eigenvalue weighted by atomic mass is 32.2. The van der Waals surface area contributed by atoms with Crippen LogP contribution in [0.3, 0.4) is 0 Å². The molecular weight excluding hydrogens is 465 g/mol. The van der Waals surface area contributed by atoms with Crippen LogP contribution in [0.2, 0.25) is 5.82 Å². The maximum absolute atomic E-state index is 6.36. The van der Waals surface area contributed by atoms with Gasteiger partial charge in [-0.15, -0.1) is 11.8 Å². The molecule has 0 saturated heterocycles. The Hall–Kier alpha value is -3.02. The van der Waals surface area contributed by atoms with Crippen molar-refractivity contribution in [3.8, 4) is 0 Å². The van der Waals surface area contributed by atoms with Crippen LogP contribution in [0.25, 0.3) is 21.9 Å². The highest BCUT2D eigenvalue weighted by Crippen LogP contribution is 2.61. The first-order valence-electron chi connectivity index (χ1n) is 12.4. The molecule has 0 radical (unpaired) electrons. The molecule has 0 N–H and O–H groups in total. The molecule has 4 aliphatic heterocycles. The van der Waals surface area contributed by atoms with Crippen LogP contribution in [-0.4, -0.2) is 18.0 Å². The Bertz CT molecular complexity index is 1820. The summed E-state index contributed by atoms with van der Waals surface area (Å²) >= 11 is 4.05. The van der Waals surface area contributed by atoms with Crippen LogP contribution in [0.5, 0.6) is 0 Å². The third-order valence-corrected chi connectivity index (χ3v) is 11.4. The Kier molecular flexibility index (Phi) is 3.15. The first kappa shape index (κ1) is 18.3. The SMILES string of the molecule is C1=CC2c3cc4c(cc3N3c5cccc6c5B5c7c(cccc7SC1C5C23)S6)oc1ccccc14. The van der Waals surface area contributed by atoms with Gasteiger partial charge in [-0.3, -0.25) is 0 Å². The molecule has 0 amide bonds. The van der Waals surface area contributed by atoms with E-state index in [0.29, 0.717) is 29.7 Å². The van der Waals surface area contributed by atoms with Gasteiger partial charge in [0.1, 0.15) is 11.2 Å². The molecule has 5 aliphatic rings. The van der Waals surface area contributed by atoms with Crippen LogP contribution in [0.4, 0.5) is 11.4 Å². The molecule has 4 unspecified atom stereocenters. The molecule has 0 spiro atoms. The quantitative estimate of drug-likeness (QED) is 0.180. The van der Waals surface area contributed by atoms with Crippen LogP contribution in [0, 0.1) is 0 Å². The van der Waals surface area contributed by atoms with Gasteiger partial charge in [0.05, 0.1) is 0 Å². The number of anilines is 2. The lowest BCUT2D eigenvalue weighted by Gasteiger charge is -2.53. The molecule has 0 fully saturated rings. The summed E-state index contributed by atoms with van der Waals surface area (Å²) in [4.78, 5) is 7.08. The average molecular weight is 483 g/mol. The fourth-order valence-electron chi connectivity index (χ4n) is 7.69. The van der Waals surface area contributed by atoms with Gasteiger partial charge >= 0.3 is 0 Å². The van der Waals surface area contributed by atoms with Gasteiger partial charge < -0.3 is 9.32 Å². The summed E-state index contributed by atoms with van der Waals surface area (Å²) in [6.07, 6.45) is 5.06. The maximum Gasteiger partial charge on any atom is 0.223 e. The summed E-state index contributed by atoms with van der Waals surface area (Å²) in [5.41, 5.74) is 9.31. The fourth-order valence-corrected chi connectivity index (χ4v) is 10.4. The van der Waals surface area contributed by atoms with E-state index in [-0.39, 0.29) is 0 Å². The van der Waals surface area contributed by atoms with Gasteiger partial charge in [-0.2, -0.15) is 0 Å². The molecule has 10 rings (SSSR count). The van der Waals surface area contributed by atoms with Crippen molar-refractivity contribution in [2.24, 2.45) is 0 Å². The number of nitrogens with zero attached hydrogens (tertiary/aromatic N) is 1. The van der Waals surface area contributed by atoms with E-state index in [1.54, 1.807) is 10.9 Å². The summed E-state index contributed by atoms with van der Waals surface area (Å²) in [5, 5.41) is 2.97. The van der Waals surface area contributed by atoms with Crippen molar-refractivity contribution in [3.05, 3.63) is 90.5 Å². The zero-order chi connectivity index (χ0) is 22.4. The third-order valence-electron chi connectivity index (χ3n) is 8.91. The standard InChI is InChI=1S/C30H18BNOS2/c1-2-7-21-15(5-1)18-13-17-16-11-12-26-29-30(16)32(20(17)14-22(18)33-21)19-6-3-8-23-27(19)31(29)28-24(34-23)9-4-10-25(28)35-26/h1-14,16,26,29-30H. The molecule has 0 saturated carbocycles. The monoisotopic (exact) mass is 483 g/mol. The Labute approximate surface area is 211 Å². The minimum Gasteiger partial charge on any atom is -0.456 e. The molecule has 164 valence electrons. The van der Waals surface area contributed by atoms with E-state index in [2.05, 4.69) is 102 Å². The minimum absolute atomic E-state index is 0.407. The Morgan fingerprint density at radius 3 is 2.57 bits per heavy atom. The minimum atomic E-state index is 0.407. The van der Waals surface area contributed by atoms with Crippen molar-refractivity contribution in [1.82, 2.24) is 0 Å². The number of benzene rings is 4. The summed E-state index contributed by atoms with van der Waals surface area (Å²) in [6.45, 7) is 0.478. The number of furan rings is 1. The highest BCUT2D eigenvalue weighted by Gasteiger charge is 2.59. The normalized spacial score (nSPS) is 25.8. The van der Waals surface area contributed by atoms with E-state index >= 15 is 0 Å². The fraction of sp³-hybridized carbons (Fsp3) is 0.133. The van der Waals surface area contributed by atoms with Crippen molar-refractivity contribution in [2.75, 3.05) is 4.90 Å². The Balaban J connectivity index is 1.31. The largest absolute Gasteiger partial charge is 0.456 e. The van der Waals surface area contributed by atoms with Crippen LogP contribution in [-0.2, 0) is 0 Å². The van der Waals surface area contributed by atoms with E-state index in [4.69, 9.17) is 4.42 Å². The number of rotatable bonds is 0. The van der Waals surface area contributed by atoms with Gasteiger partial charge in [0.15, 0.2) is 0 Å². The lowest BCUT2D eigenvalue weighted by Crippen LogP contribution is -2.65. The van der Waals surface area contributed by atoms with Crippen molar-refractivity contribution >= 4 is 74.5 Å². The van der Waals surface area contributed by atoms with Crippen molar-refractivity contribution in [1.29, 1.82) is 0 Å². The van der Waals surface area contributed by atoms with Gasteiger partial charge in [0.25, 0.3) is 0 Å². The lowest BCUT2D eigenvalue weighted by molar-refractivity contribution is 0.558. The molecule has 4 aromatic carbocycles. The smallest absolute Gasteiger partial charge is 0.223 e. The molecule has 1 aliphatic carbocycles. The van der Waals surface area contributed by atoms with E-state index in [1.165, 1.54) is 42.4 Å².